The van der Waals surface area contributed by atoms with Crippen LogP contribution in [0, 0.1) is 0 Å². The van der Waals surface area contributed by atoms with Crippen molar-refractivity contribution in [1.82, 2.24) is 0 Å². The van der Waals surface area contributed by atoms with E-state index in [1.807, 2.05) is 30.3 Å². The van der Waals surface area contributed by atoms with Crippen LogP contribution in [0.4, 0.5) is 13.2 Å². The number of hydrogen-bond acceptors (Lipinski definition) is 2. The summed E-state index contributed by atoms with van der Waals surface area (Å²) in [4.78, 5) is 0. The summed E-state index contributed by atoms with van der Waals surface area (Å²) in [6.45, 7) is 0.287. The minimum atomic E-state index is -4.50. The molecule has 0 spiro atoms. The van der Waals surface area contributed by atoms with Crippen LogP contribution < -0.4 is 4.74 Å². The summed E-state index contributed by atoms with van der Waals surface area (Å²) in [5, 5.41) is 9.31. The zero-order chi connectivity index (χ0) is 15.3. The van der Waals surface area contributed by atoms with Gasteiger partial charge in [0.05, 0.1) is 12.2 Å². The highest BCUT2D eigenvalue weighted by atomic mass is 19.4. The molecule has 5 heteroatoms. The average Bonchev–Trinajstić information content (AvgIpc) is 2.43. The van der Waals surface area contributed by atoms with Gasteiger partial charge in [-0.2, -0.15) is 13.2 Å². The number of alkyl halides is 3. The Balaban J connectivity index is 1.90. The van der Waals surface area contributed by atoms with Crippen LogP contribution in [0.2, 0.25) is 0 Å². The molecule has 0 aliphatic carbocycles. The van der Waals surface area contributed by atoms with Crippen molar-refractivity contribution in [1.29, 1.82) is 0 Å². The Labute approximate surface area is 120 Å². The second-order valence-electron chi connectivity index (χ2n) is 4.65. The fourth-order valence-electron chi connectivity index (χ4n) is 1.94. The molecule has 0 aliphatic rings. The lowest BCUT2D eigenvalue weighted by Crippen LogP contribution is -2.06. The molecule has 2 aromatic carbocycles. The molecule has 2 aromatic rings. The van der Waals surface area contributed by atoms with Crippen molar-refractivity contribution in [2.24, 2.45) is 0 Å². The highest BCUT2D eigenvalue weighted by molar-refractivity contribution is 5.38. The van der Waals surface area contributed by atoms with Gasteiger partial charge in [-0.05, 0) is 30.5 Å². The van der Waals surface area contributed by atoms with Crippen LogP contribution in [0.1, 0.15) is 17.5 Å². The minimum absolute atomic E-state index is 0.0235. The maximum atomic E-state index is 12.6. The van der Waals surface area contributed by atoms with E-state index in [9.17, 15) is 18.3 Å². The summed E-state index contributed by atoms with van der Waals surface area (Å²) in [5.74, 6) is -0.432. The van der Waals surface area contributed by atoms with Gasteiger partial charge >= 0.3 is 6.18 Å². The van der Waals surface area contributed by atoms with Crippen molar-refractivity contribution < 1.29 is 23.0 Å². The smallest absolute Gasteiger partial charge is 0.416 e. The molecule has 0 unspecified atom stereocenters. The topological polar surface area (TPSA) is 29.5 Å². The van der Waals surface area contributed by atoms with E-state index in [-0.39, 0.29) is 12.4 Å². The maximum absolute atomic E-state index is 12.6. The van der Waals surface area contributed by atoms with E-state index in [1.54, 1.807) is 0 Å². The first kappa shape index (κ1) is 15.2. The van der Waals surface area contributed by atoms with Crippen molar-refractivity contribution in [3.8, 4) is 11.5 Å². The predicted octanol–water partition coefficient (Wildman–Crippen LogP) is 4.42. The van der Waals surface area contributed by atoms with Crippen LogP contribution in [0.15, 0.2) is 48.5 Å². The van der Waals surface area contributed by atoms with Crippen LogP contribution in [0.5, 0.6) is 11.5 Å². The Morgan fingerprint density at radius 1 is 1.00 bits per heavy atom. The Kier molecular flexibility index (Phi) is 4.73. The molecule has 0 saturated heterocycles. The highest BCUT2D eigenvalue weighted by Gasteiger charge is 2.31. The Bertz CT molecular complexity index is 580. The Morgan fingerprint density at radius 2 is 1.71 bits per heavy atom. The normalized spacial score (nSPS) is 11.4. The number of phenolic OH excluding ortho intramolecular Hbond substituents is 1. The lowest BCUT2D eigenvalue weighted by molar-refractivity contribution is -0.137. The molecule has 0 saturated carbocycles. The maximum Gasteiger partial charge on any atom is 0.416 e. The first-order valence-corrected chi connectivity index (χ1v) is 6.53. The summed E-state index contributed by atoms with van der Waals surface area (Å²) >= 11 is 0. The van der Waals surface area contributed by atoms with Crippen LogP contribution in [0.25, 0.3) is 0 Å². The number of aromatic hydroxyl groups is 1. The summed E-state index contributed by atoms with van der Waals surface area (Å²) in [5.41, 5.74) is 0.230. The van der Waals surface area contributed by atoms with Crippen molar-refractivity contribution >= 4 is 0 Å². The summed E-state index contributed by atoms with van der Waals surface area (Å²) in [7, 11) is 0. The van der Waals surface area contributed by atoms with Crippen molar-refractivity contribution in [2.75, 3.05) is 6.61 Å². The van der Waals surface area contributed by atoms with Gasteiger partial charge in [0.15, 0.2) is 0 Å². The second-order valence-corrected chi connectivity index (χ2v) is 4.65. The van der Waals surface area contributed by atoms with Gasteiger partial charge < -0.3 is 9.84 Å². The van der Waals surface area contributed by atoms with Gasteiger partial charge in [0.2, 0.25) is 0 Å². The first-order valence-electron chi connectivity index (χ1n) is 6.53. The standard InChI is InChI=1S/C16H15F3O2/c17-16(18,19)13-9-14(20)11-15(10-13)21-8-4-7-12-5-2-1-3-6-12/h1-3,5-6,9-11,20H,4,7-8H2. The largest absolute Gasteiger partial charge is 0.508 e. The summed E-state index contributed by atoms with van der Waals surface area (Å²) < 4.78 is 43.1. The number of halogens is 3. The van der Waals surface area contributed by atoms with Crippen LogP contribution >= 0.6 is 0 Å². The van der Waals surface area contributed by atoms with Gasteiger partial charge in [-0.15, -0.1) is 0 Å². The number of benzene rings is 2. The van der Waals surface area contributed by atoms with Gasteiger partial charge in [0, 0.05) is 6.07 Å². The SMILES string of the molecule is Oc1cc(OCCCc2ccccc2)cc(C(F)(F)F)c1. The molecule has 0 atom stereocenters. The van der Waals surface area contributed by atoms with Crippen molar-refractivity contribution in [3.05, 3.63) is 59.7 Å². The molecule has 0 aromatic heterocycles. The van der Waals surface area contributed by atoms with E-state index >= 15 is 0 Å². The highest BCUT2D eigenvalue weighted by Crippen LogP contribution is 2.34. The molecule has 21 heavy (non-hydrogen) atoms. The molecule has 0 bridgehead atoms. The molecule has 0 fully saturated rings. The molecule has 1 N–H and O–H groups in total. The van der Waals surface area contributed by atoms with Crippen molar-refractivity contribution in [3.63, 3.8) is 0 Å². The number of rotatable bonds is 5. The van der Waals surface area contributed by atoms with E-state index < -0.39 is 17.5 Å². The fraction of sp³-hybridized carbons (Fsp3) is 0.250. The van der Waals surface area contributed by atoms with Crippen LogP contribution in [-0.2, 0) is 12.6 Å². The van der Waals surface area contributed by atoms with Crippen LogP contribution in [-0.4, -0.2) is 11.7 Å². The molecular weight excluding hydrogens is 281 g/mol. The third-order valence-corrected chi connectivity index (χ3v) is 2.94. The van der Waals surface area contributed by atoms with Gasteiger partial charge in [0.25, 0.3) is 0 Å². The molecule has 0 amide bonds. The van der Waals surface area contributed by atoms with Gasteiger partial charge in [-0.3, -0.25) is 0 Å². The van der Waals surface area contributed by atoms with Gasteiger partial charge in [0.1, 0.15) is 11.5 Å². The number of ether oxygens (including phenoxy) is 1. The van der Waals surface area contributed by atoms with Gasteiger partial charge in [-0.1, -0.05) is 30.3 Å². The van der Waals surface area contributed by atoms with Gasteiger partial charge in [-0.25, -0.2) is 0 Å². The average molecular weight is 296 g/mol. The quantitative estimate of drug-likeness (QED) is 0.827. The molecule has 0 heterocycles. The third kappa shape index (κ3) is 4.70. The number of hydrogen-bond donors (Lipinski definition) is 1. The van der Waals surface area contributed by atoms with E-state index in [0.29, 0.717) is 12.5 Å². The van der Waals surface area contributed by atoms with E-state index in [0.717, 1.165) is 18.1 Å². The van der Waals surface area contributed by atoms with Crippen LogP contribution in [0.3, 0.4) is 0 Å². The molecule has 112 valence electrons. The lowest BCUT2D eigenvalue weighted by Gasteiger charge is -2.11. The molecule has 0 radical (unpaired) electrons. The molecule has 2 rings (SSSR count). The molecule has 2 nitrogen and oxygen atoms in total. The molecule has 0 aliphatic heterocycles. The summed E-state index contributed by atoms with van der Waals surface area (Å²) in [6, 6.07) is 12.5. The monoisotopic (exact) mass is 296 g/mol. The second kappa shape index (κ2) is 6.52. The lowest BCUT2D eigenvalue weighted by atomic mass is 10.1. The predicted molar refractivity (Wildman–Crippen MR) is 73.4 cm³/mol. The first-order chi connectivity index (χ1) is 9.95. The summed E-state index contributed by atoms with van der Waals surface area (Å²) in [6.07, 6.45) is -3.03. The zero-order valence-electron chi connectivity index (χ0n) is 11.2. The Hall–Kier alpha value is -2.17. The van der Waals surface area contributed by atoms with E-state index in [1.165, 1.54) is 6.07 Å². The number of phenols is 1. The van der Waals surface area contributed by atoms with E-state index in [2.05, 4.69) is 0 Å². The van der Waals surface area contributed by atoms with E-state index in [4.69, 9.17) is 4.74 Å². The minimum Gasteiger partial charge on any atom is -0.508 e. The molecular formula is C16H15F3O2. The third-order valence-electron chi connectivity index (χ3n) is 2.94. The zero-order valence-corrected chi connectivity index (χ0v) is 11.2. The Morgan fingerprint density at radius 3 is 2.38 bits per heavy atom. The van der Waals surface area contributed by atoms with Crippen molar-refractivity contribution in [2.45, 2.75) is 19.0 Å². The number of aryl methyl sites for hydroxylation is 1. The fourth-order valence-corrected chi connectivity index (χ4v) is 1.94.